The van der Waals surface area contributed by atoms with E-state index in [-0.39, 0.29) is 17.1 Å². The Kier molecular flexibility index (Phi) is 5.58. The second kappa shape index (κ2) is 9.09. The molecule has 0 aliphatic heterocycles. The Balaban J connectivity index is 1.90. The summed E-state index contributed by atoms with van der Waals surface area (Å²) in [6, 6.07) is 39.2. The van der Waals surface area contributed by atoms with Crippen LogP contribution in [0.1, 0.15) is 32.6 Å². The quantitative estimate of drug-likeness (QED) is 0.216. The topological polar surface area (TPSA) is 77.8 Å². The fraction of sp³-hybridized carbons (Fsp3) is 0.0294. The third-order valence-electron chi connectivity index (χ3n) is 7.34. The van der Waals surface area contributed by atoms with Crippen molar-refractivity contribution in [3.63, 3.8) is 0 Å². The first-order valence-electron chi connectivity index (χ1n) is 12.3. The largest absolute Gasteiger partial charge is 0.508 e. The Morgan fingerprint density at radius 1 is 0.500 bits per heavy atom. The highest BCUT2D eigenvalue weighted by molar-refractivity contribution is 5.97. The van der Waals surface area contributed by atoms with Gasteiger partial charge in [0.15, 0.2) is 0 Å². The molecule has 38 heavy (non-hydrogen) atoms. The highest BCUT2D eigenvalue weighted by Crippen LogP contribution is 2.54. The van der Waals surface area contributed by atoms with Crippen LogP contribution in [0.2, 0.25) is 0 Å². The molecule has 0 saturated carbocycles. The minimum absolute atomic E-state index is 0.0715. The van der Waals surface area contributed by atoms with E-state index in [9.17, 15) is 20.1 Å². The average molecular weight is 497 g/mol. The number of fused-ring (bicyclic) bond motifs is 2. The summed E-state index contributed by atoms with van der Waals surface area (Å²) in [6.07, 6.45) is 0. The van der Waals surface area contributed by atoms with Crippen molar-refractivity contribution >= 4 is 27.5 Å². The molecular weight excluding hydrogens is 472 g/mol. The van der Waals surface area contributed by atoms with Crippen LogP contribution in [-0.2, 0) is 5.41 Å². The van der Waals surface area contributed by atoms with Crippen LogP contribution < -0.4 is 0 Å². The van der Waals surface area contributed by atoms with Gasteiger partial charge in [-0.1, -0.05) is 103 Å². The van der Waals surface area contributed by atoms with Crippen LogP contribution in [0.4, 0.5) is 0 Å². The van der Waals surface area contributed by atoms with Gasteiger partial charge >= 0.3 is 5.97 Å². The molecule has 6 aromatic carbocycles. The summed E-state index contributed by atoms with van der Waals surface area (Å²) < 4.78 is 0. The Morgan fingerprint density at radius 3 is 1.45 bits per heavy atom. The normalized spacial score (nSPS) is 11.6. The van der Waals surface area contributed by atoms with Gasteiger partial charge < -0.3 is 15.3 Å². The maximum absolute atomic E-state index is 11.7. The number of carbonyl (C=O) groups is 1. The Bertz CT molecular complexity index is 1720. The summed E-state index contributed by atoms with van der Waals surface area (Å²) in [5.74, 6) is -0.882. The average Bonchev–Trinajstić information content (AvgIpc) is 2.96. The number of carboxylic acids is 1. The molecule has 0 amide bonds. The van der Waals surface area contributed by atoms with E-state index in [1.807, 2.05) is 91.0 Å². The van der Waals surface area contributed by atoms with Crippen molar-refractivity contribution < 1.29 is 20.1 Å². The van der Waals surface area contributed by atoms with Gasteiger partial charge in [0, 0.05) is 11.1 Å². The molecule has 4 heteroatoms. The maximum atomic E-state index is 11.7. The number of phenolic OH excluding ortho intramolecular Hbond substituents is 2. The molecule has 4 nitrogen and oxygen atoms in total. The van der Waals surface area contributed by atoms with Gasteiger partial charge in [0.05, 0.1) is 11.0 Å². The highest BCUT2D eigenvalue weighted by atomic mass is 16.4. The van der Waals surface area contributed by atoms with Crippen LogP contribution in [0.25, 0.3) is 21.5 Å². The summed E-state index contributed by atoms with van der Waals surface area (Å²) >= 11 is 0. The summed E-state index contributed by atoms with van der Waals surface area (Å²) in [5.41, 5.74) is 1.70. The number of rotatable bonds is 5. The van der Waals surface area contributed by atoms with Crippen molar-refractivity contribution in [2.24, 2.45) is 0 Å². The molecule has 6 rings (SSSR count). The number of hydrogen-bond donors (Lipinski definition) is 3. The molecule has 0 aromatic heterocycles. The molecule has 0 fully saturated rings. The van der Waals surface area contributed by atoms with Gasteiger partial charge in [-0.3, -0.25) is 0 Å². The van der Waals surface area contributed by atoms with Crippen LogP contribution in [0.15, 0.2) is 127 Å². The zero-order valence-electron chi connectivity index (χ0n) is 20.4. The zero-order chi connectivity index (χ0) is 26.3. The second-order valence-electron chi connectivity index (χ2n) is 9.36. The van der Waals surface area contributed by atoms with Gasteiger partial charge in [-0.25, -0.2) is 4.79 Å². The number of aromatic hydroxyl groups is 2. The minimum Gasteiger partial charge on any atom is -0.508 e. The Labute approximate surface area is 219 Å². The molecule has 0 heterocycles. The van der Waals surface area contributed by atoms with Crippen molar-refractivity contribution in [1.29, 1.82) is 0 Å². The Hall–Kier alpha value is -5.09. The van der Waals surface area contributed by atoms with E-state index in [0.29, 0.717) is 16.7 Å². The molecule has 6 aromatic rings. The number of carboxylic acid groups (broad SMARTS) is 1. The number of benzene rings is 6. The summed E-state index contributed by atoms with van der Waals surface area (Å²) in [5, 5.41) is 36.5. The first-order valence-corrected chi connectivity index (χ1v) is 12.3. The molecule has 0 aliphatic rings. The minimum atomic E-state index is -1.20. The van der Waals surface area contributed by atoms with Crippen LogP contribution >= 0.6 is 0 Å². The maximum Gasteiger partial charge on any atom is 0.335 e. The van der Waals surface area contributed by atoms with E-state index in [0.717, 1.165) is 27.1 Å². The SMILES string of the molecule is O=C(O)c1ccc(C(c2ccccc2)(c2c(O)ccc3ccccc23)c2c(O)ccc3ccccc23)cc1. The fourth-order valence-corrected chi connectivity index (χ4v) is 5.73. The van der Waals surface area contributed by atoms with Crippen molar-refractivity contribution in [3.05, 3.63) is 155 Å². The van der Waals surface area contributed by atoms with E-state index < -0.39 is 11.4 Å². The third kappa shape index (κ3) is 3.50. The van der Waals surface area contributed by atoms with Gasteiger partial charge in [-0.2, -0.15) is 0 Å². The van der Waals surface area contributed by atoms with Crippen LogP contribution in [0.5, 0.6) is 11.5 Å². The molecule has 184 valence electrons. The number of phenols is 2. The first-order chi connectivity index (χ1) is 18.5. The van der Waals surface area contributed by atoms with Gasteiger partial charge in [0.2, 0.25) is 0 Å². The number of aromatic carboxylic acids is 1. The molecule has 0 atom stereocenters. The van der Waals surface area contributed by atoms with Crippen molar-refractivity contribution in [1.82, 2.24) is 0 Å². The van der Waals surface area contributed by atoms with E-state index in [2.05, 4.69) is 0 Å². The smallest absolute Gasteiger partial charge is 0.335 e. The molecular formula is C34H24O4. The van der Waals surface area contributed by atoms with Gasteiger partial charge in [-0.05, 0) is 56.9 Å². The lowest BCUT2D eigenvalue weighted by atomic mass is 9.62. The van der Waals surface area contributed by atoms with Crippen LogP contribution in [0.3, 0.4) is 0 Å². The van der Waals surface area contributed by atoms with Crippen molar-refractivity contribution in [3.8, 4) is 11.5 Å². The van der Waals surface area contributed by atoms with Crippen LogP contribution in [0, 0.1) is 0 Å². The lowest BCUT2D eigenvalue weighted by molar-refractivity contribution is 0.0697. The van der Waals surface area contributed by atoms with Crippen LogP contribution in [-0.4, -0.2) is 21.3 Å². The molecule has 0 saturated heterocycles. The summed E-state index contributed by atoms with van der Waals surface area (Å²) in [4.78, 5) is 11.7. The molecule has 3 N–H and O–H groups in total. The van der Waals surface area contributed by atoms with Gasteiger partial charge in [-0.15, -0.1) is 0 Å². The monoisotopic (exact) mass is 496 g/mol. The standard InChI is InChI=1S/C34H24O4/c35-29-20-16-22-8-4-6-12-27(22)31(29)34(25-10-2-1-3-11-25,26-18-14-24(15-19-26)33(37)38)32-28-13-7-5-9-23(28)17-21-30(32)36/h1-21,35-36H,(H,37,38). The lowest BCUT2D eigenvalue weighted by Gasteiger charge is -2.39. The van der Waals surface area contributed by atoms with Gasteiger partial charge in [0.1, 0.15) is 11.5 Å². The molecule has 0 spiro atoms. The molecule has 0 radical (unpaired) electrons. The van der Waals surface area contributed by atoms with E-state index in [1.54, 1.807) is 36.4 Å². The molecule has 0 aliphatic carbocycles. The third-order valence-corrected chi connectivity index (χ3v) is 7.34. The Morgan fingerprint density at radius 2 is 0.947 bits per heavy atom. The van der Waals surface area contributed by atoms with Crippen molar-refractivity contribution in [2.75, 3.05) is 0 Å². The molecule has 0 bridgehead atoms. The highest BCUT2D eigenvalue weighted by Gasteiger charge is 2.44. The van der Waals surface area contributed by atoms with E-state index in [1.165, 1.54) is 0 Å². The first kappa shape index (κ1) is 23.3. The fourth-order valence-electron chi connectivity index (χ4n) is 5.73. The van der Waals surface area contributed by atoms with Gasteiger partial charge in [0.25, 0.3) is 0 Å². The lowest BCUT2D eigenvalue weighted by Crippen LogP contribution is -2.32. The second-order valence-corrected chi connectivity index (χ2v) is 9.36. The zero-order valence-corrected chi connectivity index (χ0v) is 20.4. The summed E-state index contributed by atoms with van der Waals surface area (Å²) in [7, 11) is 0. The summed E-state index contributed by atoms with van der Waals surface area (Å²) in [6.45, 7) is 0. The predicted molar refractivity (Wildman–Crippen MR) is 150 cm³/mol. The van der Waals surface area contributed by atoms with E-state index >= 15 is 0 Å². The van der Waals surface area contributed by atoms with E-state index in [4.69, 9.17) is 0 Å². The van der Waals surface area contributed by atoms with Crippen molar-refractivity contribution in [2.45, 2.75) is 5.41 Å². The number of hydrogen-bond acceptors (Lipinski definition) is 3. The molecule has 0 unspecified atom stereocenters. The predicted octanol–water partition coefficient (Wildman–Crippen LogP) is 7.49.